The Balaban J connectivity index is 0.559. The van der Waals surface area contributed by atoms with Gasteiger partial charge in [-0.1, -0.05) is 84.9 Å². The second kappa shape index (κ2) is 21.5. The van der Waals surface area contributed by atoms with Crippen molar-refractivity contribution >= 4 is 91.9 Å². The minimum atomic E-state index is -0.816. The minimum Gasteiger partial charge on any atom is -0.460 e. The first-order valence-electron chi connectivity index (χ1n) is 29.2. The maximum atomic E-state index is 13.4. The van der Waals surface area contributed by atoms with E-state index in [1.807, 2.05) is 46.5 Å². The quantitative estimate of drug-likeness (QED) is 0.0950. The second-order valence-electron chi connectivity index (χ2n) is 24.0. The van der Waals surface area contributed by atoms with E-state index in [2.05, 4.69) is 146 Å². The van der Waals surface area contributed by atoms with Gasteiger partial charge in [0.25, 0.3) is 0 Å². The molecule has 0 aromatic heterocycles. The highest BCUT2D eigenvalue weighted by Crippen LogP contribution is 2.57. The number of likely N-dealkylation sites (N-methyl/N-ethyl adjacent to an activating group) is 2. The van der Waals surface area contributed by atoms with E-state index >= 15 is 0 Å². The van der Waals surface area contributed by atoms with Gasteiger partial charge in [0.1, 0.15) is 23.6 Å². The molecule has 6 heterocycles. The number of aliphatic imine (C=N–C) groups is 2. The van der Waals surface area contributed by atoms with E-state index in [9.17, 15) is 19.2 Å². The number of para-hydroxylation sites is 2. The van der Waals surface area contributed by atoms with Crippen LogP contribution in [0.3, 0.4) is 0 Å². The number of amides is 2. The van der Waals surface area contributed by atoms with Crippen molar-refractivity contribution in [2.45, 2.75) is 102 Å². The molecule has 2 fully saturated rings. The summed E-state index contributed by atoms with van der Waals surface area (Å²) in [6, 6.07) is 37.5. The summed E-state index contributed by atoms with van der Waals surface area (Å²) >= 11 is 0. The largest absolute Gasteiger partial charge is 0.460 e. The third kappa shape index (κ3) is 9.54. The number of ether oxygens (including phenoxy) is 5. The molecule has 6 aliphatic heterocycles. The summed E-state index contributed by atoms with van der Waals surface area (Å²) in [7, 11) is 4.13. The van der Waals surface area contributed by atoms with E-state index in [1.54, 1.807) is 13.8 Å². The van der Waals surface area contributed by atoms with Gasteiger partial charge in [0.05, 0.1) is 49.3 Å². The highest BCUT2D eigenvalue weighted by atomic mass is 16.6. The molecule has 6 aliphatic rings. The number of hydrogen-bond donors (Lipinski definition) is 0. The molecule has 2 spiro atoms. The summed E-state index contributed by atoms with van der Waals surface area (Å²) in [4.78, 5) is 75.5. The molecule has 4 unspecified atom stereocenters. The van der Waals surface area contributed by atoms with Crippen LogP contribution in [0, 0.1) is 0 Å². The van der Waals surface area contributed by atoms with Crippen LogP contribution >= 0.6 is 0 Å². The molecule has 12 rings (SSSR count). The fourth-order valence-electron chi connectivity index (χ4n) is 13.5. The van der Waals surface area contributed by atoms with E-state index in [0.717, 1.165) is 67.2 Å². The highest BCUT2D eigenvalue weighted by molar-refractivity contribution is 6.08. The second-order valence-corrected chi connectivity index (χ2v) is 24.0. The zero-order chi connectivity index (χ0) is 58.0. The predicted octanol–water partition coefficient (Wildman–Crippen LogP) is 9.87. The van der Waals surface area contributed by atoms with Crippen LogP contribution in [-0.4, -0.2) is 149 Å². The van der Waals surface area contributed by atoms with Crippen molar-refractivity contribution in [2.75, 3.05) is 99.3 Å². The van der Waals surface area contributed by atoms with Crippen LogP contribution < -0.4 is 29.1 Å². The molecule has 0 bridgehead atoms. The summed E-state index contributed by atoms with van der Waals surface area (Å²) in [6.45, 7) is 16.9. The first-order valence-corrected chi connectivity index (χ1v) is 29.2. The lowest BCUT2D eigenvalue weighted by atomic mass is 9.77. The lowest BCUT2D eigenvalue weighted by molar-refractivity contribution is -0.156. The first-order chi connectivity index (χ1) is 39.9. The van der Waals surface area contributed by atoms with Crippen LogP contribution in [0.15, 0.2) is 119 Å². The first kappa shape index (κ1) is 55.4. The maximum absolute atomic E-state index is 13.4. The van der Waals surface area contributed by atoms with Crippen molar-refractivity contribution in [3.63, 3.8) is 0 Å². The molecule has 0 radical (unpaired) electrons. The molecule has 83 heavy (non-hydrogen) atoms. The van der Waals surface area contributed by atoms with Gasteiger partial charge in [0.15, 0.2) is 11.5 Å². The lowest BCUT2D eigenvalue weighted by Gasteiger charge is -2.45. The lowest BCUT2D eigenvalue weighted by Crippen LogP contribution is -2.61. The molecule has 17 nitrogen and oxygen atoms in total. The van der Waals surface area contributed by atoms with Crippen LogP contribution in [0.25, 0.3) is 21.5 Å². The van der Waals surface area contributed by atoms with Crippen LogP contribution in [0.1, 0.15) is 78.4 Å². The number of fused-ring (bicyclic) bond motifs is 8. The molecule has 4 atom stereocenters. The summed E-state index contributed by atoms with van der Waals surface area (Å²) in [5.74, 6) is 0.259. The fraction of sp³-hybridized carbons (Fsp3) is 0.424. The number of esters is 2. The van der Waals surface area contributed by atoms with Crippen LogP contribution in [0.4, 0.5) is 34.1 Å². The average molecular weight is 1120 g/mol. The number of rotatable bonds is 14. The summed E-state index contributed by atoms with van der Waals surface area (Å²) in [5.41, 5.74) is 5.91. The Morgan fingerprint density at radius 2 is 0.855 bits per heavy atom. The third-order valence-corrected chi connectivity index (χ3v) is 18.3. The monoisotopic (exact) mass is 1120 g/mol. The smallest absolute Gasteiger partial charge is 0.306 e. The van der Waals surface area contributed by atoms with E-state index in [-0.39, 0.29) is 61.5 Å². The predicted molar refractivity (Wildman–Crippen MR) is 325 cm³/mol. The Labute approximate surface area is 485 Å². The molecular weight excluding hydrogens is 1050 g/mol. The number of anilines is 4. The van der Waals surface area contributed by atoms with Gasteiger partial charge in [-0.05, 0) is 64.8 Å². The summed E-state index contributed by atoms with van der Waals surface area (Å²) in [5, 5.41) is 4.15. The molecule has 0 aliphatic carbocycles. The molecule has 6 aromatic rings. The Morgan fingerprint density at radius 3 is 1.24 bits per heavy atom. The number of hydrogen-bond acceptors (Lipinski definition) is 15. The molecule has 2 saturated heterocycles. The SMILES string of the molecule is CC(COCC(C)OC(=O)CCC(=O)N1CCN(c2cc3c(c4ccccc24)N=CC2(O3)N(C)c3ccccc3C2(C)C)CC1)OC(=O)CCC(=O)N1CCN(c2cc3c(c4ccccc24)N=CC2(O3)N(C)c3ccccc3C2(C)C)CC1. The molecule has 0 N–H and O–H groups in total. The molecule has 17 heteroatoms. The third-order valence-electron chi connectivity index (χ3n) is 18.3. The van der Waals surface area contributed by atoms with Crippen molar-refractivity contribution in [1.82, 2.24) is 9.80 Å². The number of benzene rings is 6. The normalized spacial score (nSPS) is 21.5. The van der Waals surface area contributed by atoms with E-state index in [0.29, 0.717) is 52.4 Å². The number of carbonyl (C=O) groups excluding carboxylic acids is 4. The van der Waals surface area contributed by atoms with Gasteiger partial charge >= 0.3 is 11.9 Å². The van der Waals surface area contributed by atoms with Crippen molar-refractivity contribution in [1.29, 1.82) is 0 Å². The van der Waals surface area contributed by atoms with Crippen molar-refractivity contribution < 1.29 is 42.9 Å². The number of carbonyl (C=O) groups is 4. The minimum absolute atomic E-state index is 0.0341. The van der Waals surface area contributed by atoms with E-state index in [1.165, 1.54) is 11.1 Å². The Hall–Kier alpha value is -8.18. The fourth-order valence-corrected chi connectivity index (χ4v) is 13.5. The standard InChI is InChI=1S/C66H74N8O9/c1-43(80-59(77)27-25-57(75)73-33-29-71(30-34-73)53-37-55-61(47-19-11-9-17-45(47)53)67-41-65(82-55)63(3,4)49-21-13-15-23-51(49)69(65)7)39-79-40-44(2)81-60(78)28-26-58(76)74-35-31-72(32-36-74)54-38-56-62(48-20-12-10-18-46(48)54)68-42-66(83-56)64(5,6)50-22-14-16-24-52(50)70(66)8/h9-24,37-38,41-44H,25-36,39-40H2,1-8H3. The summed E-state index contributed by atoms with van der Waals surface area (Å²) in [6.07, 6.45) is 2.71. The Bertz CT molecular complexity index is 3370. The molecule has 432 valence electrons. The van der Waals surface area contributed by atoms with Crippen LogP contribution in [0.5, 0.6) is 11.5 Å². The summed E-state index contributed by atoms with van der Waals surface area (Å²) < 4.78 is 31.1. The van der Waals surface area contributed by atoms with Crippen molar-refractivity contribution in [3.8, 4) is 11.5 Å². The average Bonchev–Trinajstić information content (AvgIpc) is 1.86. The zero-order valence-corrected chi connectivity index (χ0v) is 48.9. The Morgan fingerprint density at radius 1 is 0.494 bits per heavy atom. The molecule has 2 amide bonds. The molecule has 0 saturated carbocycles. The van der Waals surface area contributed by atoms with Crippen molar-refractivity contribution in [2.24, 2.45) is 9.98 Å². The highest BCUT2D eigenvalue weighted by Gasteiger charge is 2.60. The molecule has 6 aromatic carbocycles. The van der Waals surface area contributed by atoms with E-state index < -0.39 is 35.6 Å². The van der Waals surface area contributed by atoms with Gasteiger partial charge in [0.2, 0.25) is 23.3 Å². The van der Waals surface area contributed by atoms with Gasteiger partial charge in [0, 0.05) is 136 Å². The van der Waals surface area contributed by atoms with Gasteiger partial charge in [-0.25, -0.2) is 0 Å². The van der Waals surface area contributed by atoms with Crippen LogP contribution in [-0.2, 0) is 44.2 Å². The van der Waals surface area contributed by atoms with E-state index in [4.69, 9.17) is 33.7 Å². The van der Waals surface area contributed by atoms with Gasteiger partial charge < -0.3 is 53.1 Å². The van der Waals surface area contributed by atoms with Crippen LogP contribution in [0.2, 0.25) is 0 Å². The number of nitrogens with zero attached hydrogens (tertiary/aromatic N) is 8. The van der Waals surface area contributed by atoms with Gasteiger partial charge in [-0.3, -0.25) is 29.2 Å². The Kier molecular flexibility index (Phi) is 14.4. The van der Waals surface area contributed by atoms with Crippen molar-refractivity contribution in [3.05, 3.63) is 120 Å². The van der Waals surface area contributed by atoms with Gasteiger partial charge in [-0.2, -0.15) is 0 Å². The molecular formula is C66H74N8O9. The number of piperazine rings is 2. The topological polar surface area (TPSA) is 159 Å². The zero-order valence-electron chi connectivity index (χ0n) is 48.9. The van der Waals surface area contributed by atoms with Gasteiger partial charge in [-0.15, -0.1) is 0 Å². The maximum Gasteiger partial charge on any atom is 0.306 e.